The van der Waals surface area contributed by atoms with Gasteiger partial charge in [0.2, 0.25) is 0 Å². The standard InChI is InChI=1S/C82H56N2/c1-9-27-59(28-10-1)81(60-29-11-2-12-30-60)73-55-53-71-77-72(54-56-74(80(73)77)82(81,61-31-13-3-14-32-61)62-33-15-4-16-34-62)79-76(58-47-51-68(52-48-58)84(65-39-21-7-22-40-65)66-41-23-8-24-42-66)70-44-26-25-43-69(70)75(78(71)79)57-45-49-67(50-46-57)83(63-35-17-5-18-36-63)64-37-19-6-20-38-64/h1-56H. The minimum absolute atomic E-state index is 0.707. The molecule has 0 fully saturated rings. The van der Waals surface area contributed by atoms with Crippen LogP contribution in [0.3, 0.4) is 0 Å². The first-order valence-corrected chi connectivity index (χ1v) is 29.2. The van der Waals surface area contributed by atoms with Gasteiger partial charge in [0.15, 0.2) is 0 Å². The fourth-order valence-electron chi connectivity index (χ4n) is 14.8. The van der Waals surface area contributed by atoms with Gasteiger partial charge in [0, 0.05) is 34.1 Å². The second kappa shape index (κ2) is 20.0. The van der Waals surface area contributed by atoms with E-state index in [0.29, 0.717) is 0 Å². The Morgan fingerprint density at radius 2 is 0.440 bits per heavy atom. The first-order chi connectivity index (χ1) is 41.7. The van der Waals surface area contributed by atoms with Gasteiger partial charge in [-0.15, -0.1) is 0 Å². The first-order valence-electron chi connectivity index (χ1n) is 29.2. The lowest BCUT2D eigenvalue weighted by molar-refractivity contribution is 0.442. The van der Waals surface area contributed by atoms with Gasteiger partial charge in [-0.1, -0.05) is 267 Å². The second-order valence-corrected chi connectivity index (χ2v) is 22.2. The van der Waals surface area contributed by atoms with Crippen LogP contribution in [0, 0.1) is 0 Å². The minimum Gasteiger partial charge on any atom is -0.311 e. The largest absolute Gasteiger partial charge is 0.311 e. The Hall–Kier alpha value is -10.8. The molecule has 14 aromatic rings. The van der Waals surface area contributed by atoms with E-state index in [1.54, 1.807) is 0 Å². The lowest BCUT2D eigenvalue weighted by Crippen LogP contribution is -2.49. The average Bonchev–Trinajstić information content (AvgIpc) is 1.47. The van der Waals surface area contributed by atoms with Crippen molar-refractivity contribution in [2.75, 3.05) is 9.80 Å². The number of fused-ring (bicyclic) bond motifs is 4. The van der Waals surface area contributed by atoms with Crippen LogP contribution in [0.1, 0.15) is 33.4 Å². The van der Waals surface area contributed by atoms with Crippen LogP contribution in [0.4, 0.5) is 34.1 Å². The van der Waals surface area contributed by atoms with Crippen LogP contribution in [0.25, 0.3) is 66.1 Å². The molecule has 16 rings (SSSR count). The van der Waals surface area contributed by atoms with Gasteiger partial charge in [0.05, 0.1) is 10.8 Å². The SMILES string of the molecule is c1ccc(N(c2ccccc2)c2ccc(-c3c4c(c(-c5ccc(N(c6ccccc6)c6ccccc6)cc5)c5ccccc35)-c3ccc5c6c(ccc-4c36)C(c3ccccc3)(c3ccccc3)C5(c3ccccc3)c3ccccc3)cc2)cc1. The second-order valence-electron chi connectivity index (χ2n) is 22.2. The summed E-state index contributed by atoms with van der Waals surface area (Å²) < 4.78 is 0. The van der Waals surface area contributed by atoms with Crippen molar-refractivity contribution >= 4 is 55.7 Å². The Kier molecular flexibility index (Phi) is 11.7. The summed E-state index contributed by atoms with van der Waals surface area (Å²) in [6.45, 7) is 0. The monoisotopic (exact) mass is 1070 g/mol. The van der Waals surface area contributed by atoms with E-state index < -0.39 is 10.8 Å². The summed E-state index contributed by atoms with van der Waals surface area (Å²) in [5, 5.41) is 5.05. The van der Waals surface area contributed by atoms with E-state index in [1.807, 2.05) is 0 Å². The van der Waals surface area contributed by atoms with E-state index in [2.05, 4.69) is 350 Å². The van der Waals surface area contributed by atoms with Crippen molar-refractivity contribution in [3.05, 3.63) is 373 Å². The van der Waals surface area contributed by atoms with E-state index in [1.165, 1.54) is 99.4 Å². The van der Waals surface area contributed by atoms with Crippen molar-refractivity contribution in [2.24, 2.45) is 0 Å². The summed E-state index contributed by atoms with van der Waals surface area (Å²) in [5.41, 5.74) is 22.7. The maximum atomic E-state index is 2.52. The zero-order valence-electron chi connectivity index (χ0n) is 46.2. The molecule has 2 aliphatic carbocycles. The number of benzene rings is 14. The molecule has 14 aromatic carbocycles. The lowest BCUT2D eigenvalue weighted by atomic mass is 9.50. The molecule has 0 saturated carbocycles. The predicted molar refractivity (Wildman–Crippen MR) is 352 cm³/mol. The van der Waals surface area contributed by atoms with Gasteiger partial charge in [-0.3, -0.25) is 0 Å². The van der Waals surface area contributed by atoms with Gasteiger partial charge >= 0.3 is 0 Å². The van der Waals surface area contributed by atoms with Crippen LogP contribution in [-0.2, 0) is 10.8 Å². The van der Waals surface area contributed by atoms with Crippen LogP contribution in [0.15, 0.2) is 340 Å². The first kappa shape index (κ1) is 49.1. The molecule has 0 atom stereocenters. The fourth-order valence-corrected chi connectivity index (χ4v) is 14.8. The highest BCUT2D eigenvalue weighted by Crippen LogP contribution is 2.69. The van der Waals surface area contributed by atoms with Crippen molar-refractivity contribution in [2.45, 2.75) is 10.8 Å². The van der Waals surface area contributed by atoms with E-state index in [0.717, 1.165) is 34.1 Å². The Bertz CT molecular complexity index is 4250. The summed E-state index contributed by atoms with van der Waals surface area (Å²) in [4.78, 5) is 4.70. The molecule has 0 heterocycles. The van der Waals surface area contributed by atoms with Gasteiger partial charge in [0.25, 0.3) is 0 Å². The summed E-state index contributed by atoms with van der Waals surface area (Å²) in [6, 6.07) is 126. The van der Waals surface area contributed by atoms with Crippen LogP contribution < -0.4 is 9.80 Å². The number of anilines is 6. The van der Waals surface area contributed by atoms with E-state index in [-0.39, 0.29) is 0 Å². The fraction of sp³-hybridized carbons (Fsp3) is 0.0244. The predicted octanol–water partition coefficient (Wildman–Crippen LogP) is 21.6. The molecule has 0 N–H and O–H groups in total. The van der Waals surface area contributed by atoms with E-state index >= 15 is 0 Å². The van der Waals surface area contributed by atoms with Crippen molar-refractivity contribution in [3.8, 4) is 44.5 Å². The lowest BCUT2D eigenvalue weighted by Gasteiger charge is -2.49. The zero-order chi connectivity index (χ0) is 55.6. The number of nitrogens with zero attached hydrogens (tertiary/aromatic N) is 2. The van der Waals surface area contributed by atoms with Crippen molar-refractivity contribution in [1.82, 2.24) is 0 Å². The smallest absolute Gasteiger partial charge is 0.0635 e. The summed E-state index contributed by atoms with van der Waals surface area (Å²) >= 11 is 0. The molecule has 394 valence electrons. The number of para-hydroxylation sites is 4. The summed E-state index contributed by atoms with van der Waals surface area (Å²) in [7, 11) is 0. The van der Waals surface area contributed by atoms with Crippen LogP contribution in [0.2, 0.25) is 0 Å². The third-order valence-electron chi connectivity index (χ3n) is 18.0. The summed E-state index contributed by atoms with van der Waals surface area (Å²) in [6.07, 6.45) is 0. The highest BCUT2D eigenvalue weighted by atomic mass is 15.1. The van der Waals surface area contributed by atoms with Gasteiger partial charge in [-0.05, 0) is 172 Å². The quantitative estimate of drug-likeness (QED) is 0.120. The molecule has 2 aliphatic rings. The highest BCUT2D eigenvalue weighted by molar-refractivity contribution is 6.29. The topological polar surface area (TPSA) is 6.48 Å². The maximum Gasteiger partial charge on any atom is 0.0635 e. The molecule has 0 saturated heterocycles. The maximum absolute atomic E-state index is 2.52. The molecule has 0 radical (unpaired) electrons. The molecule has 0 unspecified atom stereocenters. The van der Waals surface area contributed by atoms with Crippen molar-refractivity contribution < 1.29 is 0 Å². The molecular formula is C82H56N2. The van der Waals surface area contributed by atoms with Crippen LogP contribution >= 0.6 is 0 Å². The number of rotatable bonds is 12. The summed E-state index contributed by atoms with van der Waals surface area (Å²) in [5.74, 6) is 0. The van der Waals surface area contributed by atoms with Gasteiger partial charge in [0.1, 0.15) is 0 Å². The third kappa shape index (κ3) is 7.30. The van der Waals surface area contributed by atoms with Crippen LogP contribution in [0.5, 0.6) is 0 Å². The van der Waals surface area contributed by atoms with E-state index in [9.17, 15) is 0 Å². The molecule has 0 bridgehead atoms. The normalized spacial score (nSPS) is 13.2. The minimum atomic E-state index is -0.707. The molecule has 84 heavy (non-hydrogen) atoms. The van der Waals surface area contributed by atoms with Gasteiger partial charge in [-0.25, -0.2) is 0 Å². The Balaban J connectivity index is 1.01. The molecule has 0 aliphatic heterocycles. The Morgan fingerprint density at radius 1 is 0.190 bits per heavy atom. The molecule has 2 heteroatoms. The molecular weight excluding hydrogens is 1010 g/mol. The van der Waals surface area contributed by atoms with Gasteiger partial charge < -0.3 is 9.80 Å². The van der Waals surface area contributed by atoms with Crippen molar-refractivity contribution in [1.29, 1.82) is 0 Å². The Morgan fingerprint density at radius 3 is 0.726 bits per heavy atom. The van der Waals surface area contributed by atoms with Crippen LogP contribution in [-0.4, -0.2) is 0 Å². The number of hydrogen-bond donors (Lipinski definition) is 0. The zero-order valence-corrected chi connectivity index (χ0v) is 46.2. The van der Waals surface area contributed by atoms with Crippen molar-refractivity contribution in [3.63, 3.8) is 0 Å². The molecule has 0 aromatic heterocycles. The third-order valence-corrected chi connectivity index (χ3v) is 18.0. The van der Waals surface area contributed by atoms with Gasteiger partial charge in [-0.2, -0.15) is 0 Å². The molecule has 0 amide bonds. The molecule has 0 spiro atoms. The van der Waals surface area contributed by atoms with E-state index in [4.69, 9.17) is 0 Å². The number of hydrogen-bond acceptors (Lipinski definition) is 2. The average molecular weight is 1070 g/mol. The Labute approximate surface area is 491 Å². The molecule has 2 nitrogen and oxygen atoms in total. The highest BCUT2D eigenvalue weighted by Gasteiger charge is 2.63.